The van der Waals surface area contributed by atoms with Gasteiger partial charge in [0.1, 0.15) is 6.10 Å². The normalized spacial score (nSPS) is 19.6. The Morgan fingerprint density at radius 1 is 0.895 bits per heavy atom. The van der Waals surface area contributed by atoms with Crippen LogP contribution in [0.4, 0.5) is 34.1 Å². The highest BCUT2D eigenvalue weighted by Gasteiger charge is 2.39. The number of carbonyl (C=O) groups is 5. The number of hydrogen-bond acceptors (Lipinski definition) is 10. The molecule has 0 unspecified atom stereocenters. The van der Waals surface area contributed by atoms with E-state index in [0.29, 0.717) is 77.7 Å². The summed E-state index contributed by atoms with van der Waals surface area (Å²) in [5, 5.41) is 2.64. The average molecular weight is 821 g/mol. The number of nitrogens with zero attached hydrogens (tertiary/aromatic N) is 4. The van der Waals surface area contributed by atoms with E-state index in [1.165, 1.54) is 11.0 Å². The molecule has 57 heavy (non-hydrogen) atoms. The van der Waals surface area contributed by atoms with Crippen LogP contribution in [0.1, 0.15) is 62.1 Å². The maximum Gasteiger partial charge on any atom is 0.418 e. The molecule has 3 fully saturated rings. The molecule has 2 aromatic carbocycles. The van der Waals surface area contributed by atoms with Crippen molar-refractivity contribution in [2.24, 2.45) is 0 Å². The van der Waals surface area contributed by atoms with Crippen LogP contribution in [0.5, 0.6) is 0 Å². The van der Waals surface area contributed by atoms with Crippen LogP contribution in [-0.4, -0.2) is 126 Å². The first-order valence-electron chi connectivity index (χ1n) is 19.4. The van der Waals surface area contributed by atoms with Gasteiger partial charge in [0.2, 0.25) is 0 Å². The molecule has 4 amide bonds. The summed E-state index contributed by atoms with van der Waals surface area (Å²) in [6.07, 6.45) is -3.95. The van der Waals surface area contributed by atoms with Crippen LogP contribution in [0.25, 0.3) is 0 Å². The van der Waals surface area contributed by atoms with Crippen molar-refractivity contribution in [1.82, 2.24) is 19.6 Å². The summed E-state index contributed by atoms with van der Waals surface area (Å²) in [6, 6.07) is 9.46. The van der Waals surface area contributed by atoms with E-state index < -0.39 is 53.6 Å². The summed E-state index contributed by atoms with van der Waals surface area (Å²) in [5.41, 5.74) is 5.72. The number of likely N-dealkylation sites (tertiary alicyclic amines) is 3. The van der Waals surface area contributed by atoms with Crippen molar-refractivity contribution in [3.63, 3.8) is 0 Å². The third-order valence-electron chi connectivity index (χ3n) is 11.2. The summed E-state index contributed by atoms with van der Waals surface area (Å²) in [7, 11) is 0. The number of fused-ring (bicyclic) bond motifs is 1. The number of nitrogens with one attached hydrogen (secondary N) is 1. The quantitative estimate of drug-likeness (QED) is 0.159. The molecule has 0 aliphatic carbocycles. The minimum absolute atomic E-state index is 0.0287. The predicted octanol–water partition coefficient (Wildman–Crippen LogP) is 5.11. The lowest BCUT2D eigenvalue weighted by Gasteiger charge is -2.42. The van der Waals surface area contributed by atoms with Gasteiger partial charge in [0.05, 0.1) is 22.9 Å². The first kappa shape index (κ1) is 41.9. The number of urea groups is 1. The van der Waals surface area contributed by atoms with Crippen molar-refractivity contribution in [2.45, 2.75) is 88.8 Å². The van der Waals surface area contributed by atoms with Crippen molar-refractivity contribution in [1.29, 1.82) is 0 Å². The number of anilines is 2. The standard InChI is InChI=1S/C39H48ClF3N6O8/c1-2-55-35(51)36(52)56-28-12-18-46(19-13-28)26-8-14-47(15-9-26)34(50)32(23-24-21-29(39(41,42)43)33(44)30(40)22-24)57-38(54)48-16-10-27(11-17-48)49-20-7-25-5-3-4-6-31(25)45-37(49)53/h3-6,21-22,26-28,32H,2,7-20,23,44H2,1H3,(H,45,53)/t32-/m1/s1. The van der Waals surface area contributed by atoms with Gasteiger partial charge in [-0.25, -0.2) is 19.2 Å². The number of piperidine rings is 3. The number of para-hydroxylation sites is 1. The van der Waals surface area contributed by atoms with Crippen LogP contribution in [0.3, 0.4) is 0 Å². The van der Waals surface area contributed by atoms with Gasteiger partial charge in [0.15, 0.2) is 6.10 Å². The van der Waals surface area contributed by atoms with Crippen molar-refractivity contribution < 1.29 is 51.4 Å². The molecule has 2 aromatic rings. The highest BCUT2D eigenvalue weighted by molar-refractivity contribution is 6.33. The number of rotatable bonds is 8. The topological polar surface area (TPSA) is 164 Å². The zero-order valence-corrected chi connectivity index (χ0v) is 32.5. The monoisotopic (exact) mass is 820 g/mol. The Labute approximate surface area is 333 Å². The van der Waals surface area contributed by atoms with E-state index in [0.717, 1.165) is 17.3 Å². The van der Waals surface area contributed by atoms with Gasteiger partial charge < -0.3 is 40.0 Å². The second kappa shape index (κ2) is 18.2. The highest BCUT2D eigenvalue weighted by Crippen LogP contribution is 2.38. The van der Waals surface area contributed by atoms with E-state index in [1.807, 2.05) is 24.3 Å². The molecular formula is C39H48ClF3N6O8. The van der Waals surface area contributed by atoms with Crippen molar-refractivity contribution >= 4 is 52.9 Å². The van der Waals surface area contributed by atoms with Crippen LogP contribution in [0, 0.1) is 0 Å². The molecule has 0 radical (unpaired) electrons. The van der Waals surface area contributed by atoms with Crippen LogP contribution in [-0.2, 0) is 47.6 Å². The lowest BCUT2D eigenvalue weighted by molar-refractivity contribution is -0.172. The first-order chi connectivity index (χ1) is 27.2. The summed E-state index contributed by atoms with van der Waals surface area (Å²) in [4.78, 5) is 71.6. The van der Waals surface area contributed by atoms with E-state index >= 15 is 0 Å². The van der Waals surface area contributed by atoms with Gasteiger partial charge >= 0.3 is 30.2 Å². The average Bonchev–Trinajstić information content (AvgIpc) is 3.36. The Bertz CT molecular complexity index is 1810. The van der Waals surface area contributed by atoms with E-state index in [1.54, 1.807) is 16.7 Å². The summed E-state index contributed by atoms with van der Waals surface area (Å²) >= 11 is 6.12. The Kier molecular flexibility index (Phi) is 13.4. The molecule has 14 nitrogen and oxygen atoms in total. The zero-order valence-electron chi connectivity index (χ0n) is 31.7. The van der Waals surface area contributed by atoms with Gasteiger partial charge in [-0.3, -0.25) is 9.69 Å². The Morgan fingerprint density at radius 2 is 1.54 bits per heavy atom. The fourth-order valence-corrected chi connectivity index (χ4v) is 8.36. The van der Waals surface area contributed by atoms with Gasteiger partial charge in [-0.2, -0.15) is 13.2 Å². The van der Waals surface area contributed by atoms with Crippen molar-refractivity contribution in [2.75, 3.05) is 63.5 Å². The second-order valence-electron chi connectivity index (χ2n) is 14.8. The number of nitrogens with two attached hydrogens (primary N) is 1. The lowest BCUT2D eigenvalue weighted by Crippen LogP contribution is -2.53. The van der Waals surface area contributed by atoms with E-state index in [-0.39, 0.29) is 54.8 Å². The lowest BCUT2D eigenvalue weighted by atomic mass is 9.97. The molecule has 6 rings (SSSR count). The van der Waals surface area contributed by atoms with Gasteiger partial charge in [-0.05, 0) is 81.2 Å². The molecular weight excluding hydrogens is 773 g/mol. The molecule has 4 aliphatic rings. The van der Waals surface area contributed by atoms with E-state index in [2.05, 4.69) is 10.2 Å². The number of nitrogen functional groups attached to an aromatic ring is 1. The Hall–Kier alpha value is -4.77. The Morgan fingerprint density at radius 3 is 2.21 bits per heavy atom. The molecule has 4 aliphatic heterocycles. The summed E-state index contributed by atoms with van der Waals surface area (Å²) < 4.78 is 57.5. The van der Waals surface area contributed by atoms with E-state index in [9.17, 15) is 37.1 Å². The van der Waals surface area contributed by atoms with Gasteiger partial charge in [0.25, 0.3) is 5.91 Å². The van der Waals surface area contributed by atoms with E-state index in [4.69, 9.17) is 31.5 Å². The van der Waals surface area contributed by atoms with Crippen LogP contribution in [0.2, 0.25) is 5.02 Å². The number of halogens is 4. The van der Waals surface area contributed by atoms with Gasteiger partial charge in [0, 0.05) is 70.0 Å². The number of hydrogen-bond donors (Lipinski definition) is 2. The number of esters is 2. The van der Waals surface area contributed by atoms with Crippen LogP contribution >= 0.6 is 11.6 Å². The summed E-state index contributed by atoms with van der Waals surface area (Å²) in [5.74, 6) is -2.56. The smallest absolute Gasteiger partial charge is 0.418 e. The maximum atomic E-state index is 14.1. The van der Waals surface area contributed by atoms with Crippen LogP contribution < -0.4 is 11.1 Å². The molecule has 0 bridgehead atoms. The van der Waals surface area contributed by atoms with Crippen LogP contribution in [0.15, 0.2) is 36.4 Å². The number of ether oxygens (including phenoxy) is 3. The zero-order chi connectivity index (χ0) is 40.9. The fourth-order valence-electron chi connectivity index (χ4n) is 8.12. The second-order valence-corrected chi connectivity index (χ2v) is 15.2. The molecule has 4 heterocycles. The maximum absolute atomic E-state index is 14.1. The molecule has 0 spiro atoms. The number of benzene rings is 2. The molecule has 18 heteroatoms. The molecule has 1 atom stereocenters. The molecule has 0 aromatic heterocycles. The first-order valence-corrected chi connectivity index (χ1v) is 19.8. The third kappa shape index (κ3) is 10.2. The minimum atomic E-state index is -4.81. The number of alkyl halides is 3. The number of amides is 4. The number of carbonyl (C=O) groups excluding carboxylic acids is 5. The van der Waals surface area contributed by atoms with Gasteiger partial charge in [-0.15, -0.1) is 0 Å². The fraction of sp³-hybridized carbons (Fsp3) is 0.564. The molecule has 310 valence electrons. The highest BCUT2D eigenvalue weighted by atomic mass is 35.5. The molecule has 0 saturated carbocycles. The SMILES string of the molecule is CCOC(=O)C(=O)OC1CCN(C2CCN(C(=O)[C@@H](Cc3cc(Cl)c(N)c(C(F)(F)F)c3)OC(=O)N3CCC(N4CCc5ccccc5NC4=O)CC3)CC2)CC1. The molecule has 3 saturated heterocycles. The Balaban J connectivity index is 1.08. The van der Waals surface area contributed by atoms with Crippen molar-refractivity contribution in [3.05, 3.63) is 58.1 Å². The van der Waals surface area contributed by atoms with Crippen molar-refractivity contribution in [3.8, 4) is 0 Å². The molecule has 3 N–H and O–H groups in total. The largest absolute Gasteiger partial charge is 0.458 e. The summed E-state index contributed by atoms with van der Waals surface area (Å²) in [6.45, 7) is 4.55. The predicted molar refractivity (Wildman–Crippen MR) is 202 cm³/mol. The minimum Gasteiger partial charge on any atom is -0.458 e. The third-order valence-corrected chi connectivity index (χ3v) is 11.5. The van der Waals surface area contributed by atoms with Gasteiger partial charge in [-0.1, -0.05) is 29.8 Å².